The molecule has 6 nitrogen and oxygen atoms in total. The van der Waals surface area contributed by atoms with Gasteiger partial charge in [0, 0.05) is 19.0 Å². The molecule has 1 aliphatic carbocycles. The molecule has 1 aliphatic rings. The highest BCUT2D eigenvalue weighted by atomic mass is 35.5. The van der Waals surface area contributed by atoms with Gasteiger partial charge in [0.05, 0.1) is 4.90 Å². The first-order valence-electron chi connectivity index (χ1n) is 7.50. The fourth-order valence-corrected chi connectivity index (χ4v) is 3.31. The van der Waals surface area contributed by atoms with Crippen molar-refractivity contribution in [2.45, 2.75) is 49.6 Å². The zero-order valence-corrected chi connectivity index (χ0v) is 14.5. The van der Waals surface area contributed by atoms with Crippen molar-refractivity contribution >= 4 is 28.3 Å². The van der Waals surface area contributed by atoms with Crippen molar-refractivity contribution in [3.8, 4) is 0 Å². The van der Waals surface area contributed by atoms with Crippen molar-refractivity contribution in [3.05, 3.63) is 29.8 Å². The van der Waals surface area contributed by atoms with Gasteiger partial charge >= 0.3 is 0 Å². The van der Waals surface area contributed by atoms with Crippen molar-refractivity contribution in [3.63, 3.8) is 0 Å². The Bertz CT molecular complexity index is 619. The van der Waals surface area contributed by atoms with Crippen LogP contribution in [0.2, 0.25) is 0 Å². The normalized spacial score (nSPS) is 21.3. The number of sulfonamides is 1. The largest absolute Gasteiger partial charge is 0.352 e. The highest BCUT2D eigenvalue weighted by Crippen LogP contribution is 2.25. The maximum Gasteiger partial charge on any atom is 0.238 e. The molecule has 1 fully saturated rings. The molecule has 5 N–H and O–H groups in total. The lowest BCUT2D eigenvalue weighted by Gasteiger charge is -2.27. The predicted molar refractivity (Wildman–Crippen MR) is 91.5 cm³/mol. The molecule has 0 saturated heterocycles. The molecule has 0 aliphatic heterocycles. The number of primary sulfonamides is 1. The first-order valence-corrected chi connectivity index (χ1v) is 9.05. The third-order valence-corrected chi connectivity index (χ3v) is 5.09. The van der Waals surface area contributed by atoms with Crippen molar-refractivity contribution < 1.29 is 13.2 Å². The highest BCUT2D eigenvalue weighted by molar-refractivity contribution is 7.89. The molecule has 2 rings (SSSR count). The minimum absolute atomic E-state index is 0. The molecule has 130 valence electrons. The van der Waals surface area contributed by atoms with Crippen molar-refractivity contribution in [2.24, 2.45) is 16.8 Å². The fraction of sp³-hybridized carbons (Fsp3) is 0.533. The van der Waals surface area contributed by atoms with Crippen LogP contribution in [0.1, 0.15) is 37.7 Å². The van der Waals surface area contributed by atoms with Crippen LogP contribution in [0.5, 0.6) is 0 Å². The number of benzene rings is 1. The van der Waals surface area contributed by atoms with E-state index in [-0.39, 0.29) is 35.2 Å². The molecule has 0 bridgehead atoms. The number of hydrogen-bond acceptors (Lipinski definition) is 4. The lowest BCUT2D eigenvalue weighted by molar-refractivity contribution is -0.122. The quantitative estimate of drug-likeness (QED) is 0.732. The molecule has 0 spiro atoms. The van der Waals surface area contributed by atoms with Crippen molar-refractivity contribution in [1.29, 1.82) is 0 Å². The van der Waals surface area contributed by atoms with E-state index in [1.165, 1.54) is 12.1 Å². The van der Waals surface area contributed by atoms with Gasteiger partial charge in [-0.15, -0.1) is 12.4 Å². The maximum atomic E-state index is 12.0. The number of carbonyl (C=O) groups excluding carboxylic acids is 1. The average Bonchev–Trinajstić information content (AvgIpc) is 2.47. The SMILES string of the molecule is Cl.NC1CCCCC1CC(=O)NCc1ccc(S(N)(=O)=O)cc1. The fourth-order valence-electron chi connectivity index (χ4n) is 2.80. The third-order valence-electron chi connectivity index (χ3n) is 4.16. The Kier molecular flexibility index (Phi) is 7.47. The van der Waals surface area contributed by atoms with Crippen LogP contribution < -0.4 is 16.2 Å². The van der Waals surface area contributed by atoms with Crippen molar-refractivity contribution in [1.82, 2.24) is 5.32 Å². The Balaban J connectivity index is 0.00000264. The maximum absolute atomic E-state index is 12.0. The van der Waals surface area contributed by atoms with Crippen LogP contribution in [0.15, 0.2) is 29.2 Å². The number of halogens is 1. The minimum Gasteiger partial charge on any atom is -0.352 e. The first-order chi connectivity index (χ1) is 10.4. The van der Waals surface area contributed by atoms with Gasteiger partial charge in [-0.25, -0.2) is 13.6 Å². The molecule has 1 aromatic rings. The summed E-state index contributed by atoms with van der Waals surface area (Å²) in [6.07, 6.45) is 4.75. The smallest absolute Gasteiger partial charge is 0.238 e. The van der Waals surface area contributed by atoms with E-state index in [0.29, 0.717) is 13.0 Å². The third kappa shape index (κ3) is 6.10. The summed E-state index contributed by atoms with van der Waals surface area (Å²) in [6.45, 7) is 0.367. The summed E-state index contributed by atoms with van der Waals surface area (Å²) in [5.41, 5.74) is 6.87. The van der Waals surface area contributed by atoms with Crippen LogP contribution in [-0.4, -0.2) is 20.4 Å². The van der Waals surface area contributed by atoms with Crippen molar-refractivity contribution in [2.75, 3.05) is 0 Å². The van der Waals surface area contributed by atoms with E-state index in [0.717, 1.165) is 31.2 Å². The monoisotopic (exact) mass is 361 g/mol. The van der Waals surface area contributed by atoms with Gasteiger partial charge in [-0.2, -0.15) is 0 Å². The van der Waals surface area contributed by atoms with Crippen LogP contribution in [0, 0.1) is 5.92 Å². The lowest BCUT2D eigenvalue weighted by Crippen LogP contribution is -2.36. The van der Waals surface area contributed by atoms with E-state index >= 15 is 0 Å². The number of nitrogens with two attached hydrogens (primary N) is 2. The zero-order valence-electron chi connectivity index (χ0n) is 12.9. The molecule has 1 amide bonds. The summed E-state index contributed by atoms with van der Waals surface area (Å²) in [5.74, 6) is 0.247. The van der Waals surface area contributed by atoms with Gasteiger partial charge in [0.15, 0.2) is 0 Å². The van der Waals surface area contributed by atoms with Crippen LogP contribution in [0.25, 0.3) is 0 Å². The Morgan fingerprint density at radius 1 is 1.17 bits per heavy atom. The second-order valence-corrected chi connectivity index (χ2v) is 7.44. The molecule has 2 atom stereocenters. The second kappa shape index (κ2) is 8.63. The molecule has 0 heterocycles. The topological polar surface area (TPSA) is 115 Å². The molecule has 1 aromatic carbocycles. The lowest BCUT2D eigenvalue weighted by atomic mass is 9.83. The summed E-state index contributed by atoms with van der Waals surface area (Å²) in [6, 6.07) is 6.29. The Hall–Kier alpha value is -1.15. The van der Waals surface area contributed by atoms with E-state index in [1.807, 2.05) is 0 Å². The second-order valence-electron chi connectivity index (χ2n) is 5.88. The molecule has 23 heavy (non-hydrogen) atoms. The molecule has 8 heteroatoms. The zero-order chi connectivity index (χ0) is 16.2. The Labute approximate surface area is 143 Å². The Morgan fingerprint density at radius 3 is 2.35 bits per heavy atom. The van der Waals surface area contributed by atoms with Gasteiger partial charge in [-0.3, -0.25) is 4.79 Å². The molecule has 0 radical (unpaired) electrons. The standard InChI is InChI=1S/C15H23N3O3S.ClH/c16-14-4-2-1-3-12(14)9-15(19)18-10-11-5-7-13(8-6-11)22(17,20)21;/h5-8,12,14H,1-4,9-10,16H2,(H,18,19)(H2,17,20,21);1H. The van der Waals surface area contributed by atoms with Gasteiger partial charge in [0.1, 0.15) is 0 Å². The molecule has 2 unspecified atom stereocenters. The number of hydrogen-bond donors (Lipinski definition) is 3. The molecular weight excluding hydrogens is 338 g/mol. The minimum atomic E-state index is -3.68. The van der Waals surface area contributed by atoms with E-state index in [9.17, 15) is 13.2 Å². The first kappa shape index (κ1) is 19.9. The summed E-state index contributed by atoms with van der Waals surface area (Å²) in [5, 5.41) is 7.89. The van der Waals surface area contributed by atoms with E-state index in [1.54, 1.807) is 12.1 Å². The van der Waals surface area contributed by atoms with Gasteiger partial charge in [0.2, 0.25) is 15.9 Å². The Morgan fingerprint density at radius 2 is 1.78 bits per heavy atom. The van der Waals surface area contributed by atoms with E-state index in [4.69, 9.17) is 10.9 Å². The molecular formula is C15H24ClN3O3S. The summed E-state index contributed by atoms with van der Waals surface area (Å²) in [4.78, 5) is 12.0. The number of rotatable bonds is 5. The average molecular weight is 362 g/mol. The number of amides is 1. The number of carbonyl (C=O) groups is 1. The summed E-state index contributed by atoms with van der Waals surface area (Å²) < 4.78 is 22.3. The van der Waals surface area contributed by atoms with Crippen LogP contribution in [0.3, 0.4) is 0 Å². The van der Waals surface area contributed by atoms with Gasteiger partial charge in [-0.05, 0) is 36.5 Å². The summed E-state index contributed by atoms with van der Waals surface area (Å²) >= 11 is 0. The molecule has 0 aromatic heterocycles. The number of nitrogens with one attached hydrogen (secondary N) is 1. The highest BCUT2D eigenvalue weighted by Gasteiger charge is 2.23. The van der Waals surface area contributed by atoms with Gasteiger partial charge in [-0.1, -0.05) is 25.0 Å². The van der Waals surface area contributed by atoms with E-state index < -0.39 is 10.0 Å². The van der Waals surface area contributed by atoms with Crippen LogP contribution >= 0.6 is 12.4 Å². The van der Waals surface area contributed by atoms with Gasteiger partial charge < -0.3 is 11.1 Å². The van der Waals surface area contributed by atoms with Crippen LogP contribution in [0.4, 0.5) is 0 Å². The summed E-state index contributed by atoms with van der Waals surface area (Å²) in [7, 11) is -3.68. The predicted octanol–water partition coefficient (Wildman–Crippen LogP) is 1.28. The molecule has 1 saturated carbocycles. The van der Waals surface area contributed by atoms with Gasteiger partial charge in [0.25, 0.3) is 0 Å². The van der Waals surface area contributed by atoms with E-state index in [2.05, 4.69) is 5.32 Å². The van der Waals surface area contributed by atoms with Crippen LogP contribution in [-0.2, 0) is 21.4 Å².